The van der Waals surface area contributed by atoms with Crippen LogP contribution >= 0.6 is 0 Å². The smallest absolute Gasteiger partial charge is 0.266 e. The molecule has 2 N–H and O–H groups in total. The van der Waals surface area contributed by atoms with Crippen LogP contribution in [0, 0.1) is 5.82 Å². The van der Waals surface area contributed by atoms with E-state index in [1.54, 1.807) is 39.4 Å². The molecule has 1 aliphatic heterocycles. The van der Waals surface area contributed by atoms with Crippen LogP contribution in [0.4, 0.5) is 18.9 Å². The van der Waals surface area contributed by atoms with Crippen molar-refractivity contribution in [3.8, 4) is 0 Å². The van der Waals surface area contributed by atoms with Crippen molar-refractivity contribution in [2.75, 3.05) is 25.5 Å². The molecule has 0 saturated carbocycles. The second-order valence-corrected chi connectivity index (χ2v) is 8.06. The van der Waals surface area contributed by atoms with Gasteiger partial charge in [0, 0.05) is 43.5 Å². The van der Waals surface area contributed by atoms with Crippen molar-refractivity contribution in [2.24, 2.45) is 7.05 Å². The Kier molecular flexibility index (Phi) is 5.96. The van der Waals surface area contributed by atoms with Crippen LogP contribution in [0.1, 0.15) is 42.5 Å². The molecule has 2 atom stereocenters. The third-order valence-corrected chi connectivity index (χ3v) is 6.24. The van der Waals surface area contributed by atoms with Crippen LogP contribution in [0.25, 0.3) is 11.0 Å². The lowest BCUT2D eigenvalue weighted by Crippen LogP contribution is -2.38. The second kappa shape index (κ2) is 8.55. The second-order valence-electron chi connectivity index (χ2n) is 8.06. The zero-order chi connectivity index (χ0) is 23.0. The Hall–Kier alpha value is -2.91. The summed E-state index contributed by atoms with van der Waals surface area (Å²) in [4.78, 5) is 17.5. The fourth-order valence-electron chi connectivity index (χ4n) is 4.37. The Morgan fingerprint density at radius 2 is 2.03 bits per heavy atom. The van der Waals surface area contributed by atoms with Gasteiger partial charge in [0.25, 0.3) is 12.0 Å². The predicted molar refractivity (Wildman–Crippen MR) is 117 cm³/mol. The minimum Gasteiger partial charge on any atom is -0.378 e. The van der Waals surface area contributed by atoms with Crippen LogP contribution in [-0.2, 0) is 17.4 Å². The number of anilines is 1. The van der Waals surface area contributed by atoms with Gasteiger partial charge in [0.05, 0.1) is 17.2 Å². The number of fused-ring (bicyclic) bond motifs is 1. The lowest BCUT2D eigenvalue weighted by Gasteiger charge is -2.27. The first-order chi connectivity index (χ1) is 15.3. The molecule has 6 nitrogen and oxygen atoms in total. The minimum atomic E-state index is -2.90. The number of aryl methyl sites for hydroxylation is 1. The lowest BCUT2D eigenvalue weighted by molar-refractivity contribution is 0.00194. The van der Waals surface area contributed by atoms with E-state index in [-0.39, 0.29) is 11.1 Å². The van der Waals surface area contributed by atoms with Gasteiger partial charge in [-0.2, -0.15) is 0 Å². The molecule has 1 aliphatic rings. The van der Waals surface area contributed by atoms with Crippen molar-refractivity contribution in [2.45, 2.75) is 31.4 Å². The Morgan fingerprint density at radius 1 is 1.28 bits per heavy atom. The fraction of sp³-hybridized carbons (Fsp3) is 0.391. The van der Waals surface area contributed by atoms with Crippen molar-refractivity contribution >= 4 is 16.7 Å². The number of methoxy groups -OCH3 is 1. The van der Waals surface area contributed by atoms with Gasteiger partial charge in [-0.3, -0.25) is 9.36 Å². The van der Waals surface area contributed by atoms with Crippen LogP contribution in [0.5, 0.6) is 0 Å². The van der Waals surface area contributed by atoms with Gasteiger partial charge >= 0.3 is 0 Å². The molecule has 32 heavy (non-hydrogen) atoms. The van der Waals surface area contributed by atoms with E-state index in [1.807, 2.05) is 0 Å². The third-order valence-electron chi connectivity index (χ3n) is 6.24. The standard InChI is InChI=1S/C23H25F3N4O2/c1-13(14-5-4-6-15(19(14)24)20(25)26)29-18-7-9-28-21-16(18)11-17(22(31)30(21)2)23(32-3)8-10-27-12-23/h4-7,9,11,13,20,27H,8,10,12H2,1-3H3,(H,28,29)/t13-,23?/m1/s1. The van der Waals surface area contributed by atoms with E-state index in [0.717, 1.165) is 12.6 Å². The quantitative estimate of drug-likeness (QED) is 0.599. The topological polar surface area (TPSA) is 68.2 Å². The molecule has 1 fully saturated rings. The van der Waals surface area contributed by atoms with Crippen molar-refractivity contribution in [3.05, 3.63) is 69.4 Å². The molecule has 9 heteroatoms. The van der Waals surface area contributed by atoms with E-state index in [9.17, 15) is 18.0 Å². The molecule has 0 aliphatic carbocycles. The maximum absolute atomic E-state index is 14.7. The maximum Gasteiger partial charge on any atom is 0.266 e. The molecule has 0 radical (unpaired) electrons. The molecular formula is C23H25F3N4O2. The van der Waals surface area contributed by atoms with E-state index >= 15 is 0 Å². The molecule has 2 aromatic heterocycles. The van der Waals surface area contributed by atoms with Gasteiger partial charge in [-0.05, 0) is 32.0 Å². The monoisotopic (exact) mass is 446 g/mol. The molecule has 0 spiro atoms. The number of alkyl halides is 2. The highest BCUT2D eigenvalue weighted by Gasteiger charge is 2.38. The van der Waals surface area contributed by atoms with Crippen LogP contribution in [0.2, 0.25) is 0 Å². The first-order valence-electron chi connectivity index (χ1n) is 10.4. The van der Waals surface area contributed by atoms with Gasteiger partial charge in [0.1, 0.15) is 17.1 Å². The van der Waals surface area contributed by atoms with E-state index in [0.29, 0.717) is 35.2 Å². The SMILES string of the molecule is COC1(c2cc3c(N[C@H](C)c4cccc(C(F)F)c4F)ccnc3n(C)c2=O)CCNC1. The Balaban J connectivity index is 1.81. The number of pyridine rings is 2. The van der Waals surface area contributed by atoms with Crippen LogP contribution in [0.15, 0.2) is 41.3 Å². The first-order valence-corrected chi connectivity index (χ1v) is 10.4. The molecule has 170 valence electrons. The van der Waals surface area contributed by atoms with Crippen molar-refractivity contribution < 1.29 is 17.9 Å². The Bertz CT molecular complexity index is 1210. The molecule has 4 rings (SSSR count). The summed E-state index contributed by atoms with van der Waals surface area (Å²) in [5, 5.41) is 7.10. The Labute approximate surface area is 183 Å². The van der Waals surface area contributed by atoms with E-state index in [1.165, 1.54) is 16.7 Å². The van der Waals surface area contributed by atoms with Crippen LogP contribution < -0.4 is 16.2 Å². The number of halogens is 3. The molecule has 0 bridgehead atoms. The van der Waals surface area contributed by atoms with Crippen molar-refractivity contribution in [1.82, 2.24) is 14.9 Å². The molecule has 1 aromatic carbocycles. The third kappa shape index (κ3) is 3.65. The summed E-state index contributed by atoms with van der Waals surface area (Å²) in [7, 11) is 3.23. The van der Waals surface area contributed by atoms with Crippen molar-refractivity contribution in [3.63, 3.8) is 0 Å². The zero-order valence-electron chi connectivity index (χ0n) is 18.1. The summed E-state index contributed by atoms with van der Waals surface area (Å²) >= 11 is 0. The predicted octanol–water partition coefficient (Wildman–Crippen LogP) is 4.02. The number of hydrogen-bond acceptors (Lipinski definition) is 5. The maximum atomic E-state index is 14.7. The average Bonchev–Trinajstić information content (AvgIpc) is 3.26. The van der Waals surface area contributed by atoms with Gasteiger partial charge < -0.3 is 15.4 Å². The minimum absolute atomic E-state index is 0.131. The number of nitrogens with zero attached hydrogens (tertiary/aromatic N) is 2. The van der Waals surface area contributed by atoms with E-state index in [2.05, 4.69) is 15.6 Å². The summed E-state index contributed by atoms with van der Waals surface area (Å²) in [6, 6.07) is 6.86. The van der Waals surface area contributed by atoms with Gasteiger partial charge in [0.15, 0.2) is 0 Å². The lowest BCUT2D eigenvalue weighted by atomic mass is 9.92. The Morgan fingerprint density at radius 3 is 2.69 bits per heavy atom. The highest BCUT2D eigenvalue weighted by atomic mass is 19.3. The molecule has 3 heterocycles. The van der Waals surface area contributed by atoms with Crippen molar-refractivity contribution in [1.29, 1.82) is 0 Å². The first kappa shape index (κ1) is 22.3. The van der Waals surface area contributed by atoms with Crippen LogP contribution in [-0.4, -0.2) is 29.8 Å². The molecule has 1 unspecified atom stereocenters. The summed E-state index contributed by atoms with van der Waals surface area (Å²) in [6.45, 7) is 2.93. The number of rotatable bonds is 6. The normalized spacial score (nSPS) is 19.6. The summed E-state index contributed by atoms with van der Waals surface area (Å²) in [6.07, 6.45) is -0.702. The largest absolute Gasteiger partial charge is 0.378 e. The van der Waals surface area contributed by atoms with E-state index < -0.39 is 29.4 Å². The number of benzene rings is 1. The summed E-state index contributed by atoms with van der Waals surface area (Å²) < 4.78 is 48.2. The zero-order valence-corrected chi connectivity index (χ0v) is 18.1. The molecule has 0 amide bonds. The summed E-state index contributed by atoms with van der Waals surface area (Å²) in [5.74, 6) is -0.927. The summed E-state index contributed by atoms with van der Waals surface area (Å²) in [5.41, 5.74) is 0.126. The van der Waals surface area contributed by atoms with Gasteiger partial charge in [0.2, 0.25) is 0 Å². The number of aromatic nitrogens is 2. The molecular weight excluding hydrogens is 421 g/mol. The molecule has 1 saturated heterocycles. The van der Waals surface area contributed by atoms with Gasteiger partial charge in [-0.1, -0.05) is 18.2 Å². The van der Waals surface area contributed by atoms with Crippen LogP contribution in [0.3, 0.4) is 0 Å². The highest BCUT2D eigenvalue weighted by molar-refractivity contribution is 5.89. The fourth-order valence-corrected chi connectivity index (χ4v) is 4.37. The van der Waals surface area contributed by atoms with E-state index in [4.69, 9.17) is 4.74 Å². The highest BCUT2D eigenvalue weighted by Crippen LogP contribution is 2.34. The number of hydrogen-bond donors (Lipinski definition) is 2. The molecule has 3 aromatic rings. The number of nitrogens with one attached hydrogen (secondary N) is 2. The number of ether oxygens (including phenoxy) is 1. The average molecular weight is 446 g/mol. The van der Waals surface area contributed by atoms with Gasteiger partial charge in [-0.25, -0.2) is 18.2 Å². The van der Waals surface area contributed by atoms with Gasteiger partial charge in [-0.15, -0.1) is 0 Å².